The molecular weight excluding hydrogens is 332 g/mol. The van der Waals surface area contributed by atoms with E-state index in [1.54, 1.807) is 21.3 Å². The molecule has 6 nitrogen and oxygen atoms in total. The average molecular weight is 362 g/mol. The molecule has 2 aliphatic heterocycles. The molecule has 0 radical (unpaired) electrons. The topological polar surface area (TPSA) is 60.0 Å². The van der Waals surface area contributed by atoms with Crippen molar-refractivity contribution in [3.63, 3.8) is 0 Å². The van der Waals surface area contributed by atoms with Gasteiger partial charge in [0.25, 0.3) is 0 Å². The monoisotopic (exact) mass is 362 g/mol. The second-order valence-electron chi connectivity index (χ2n) is 7.30. The Hall–Kier alpha value is -1.95. The van der Waals surface area contributed by atoms with Crippen LogP contribution in [-0.2, 0) is 11.2 Å². The first-order valence-electron chi connectivity index (χ1n) is 9.36. The summed E-state index contributed by atoms with van der Waals surface area (Å²) in [5.41, 5.74) is 1.01. The van der Waals surface area contributed by atoms with Crippen molar-refractivity contribution in [1.82, 2.24) is 10.2 Å². The molecule has 2 heterocycles. The van der Waals surface area contributed by atoms with Gasteiger partial charge < -0.3 is 24.4 Å². The first kappa shape index (κ1) is 18.8. The minimum Gasteiger partial charge on any atom is -0.493 e. The number of carbonyl (C=O) groups excluding carboxylic acids is 1. The Morgan fingerprint density at radius 3 is 2.15 bits per heavy atom. The van der Waals surface area contributed by atoms with E-state index in [4.69, 9.17) is 14.2 Å². The van der Waals surface area contributed by atoms with Gasteiger partial charge in [0.1, 0.15) is 0 Å². The van der Waals surface area contributed by atoms with Crippen LogP contribution in [0.2, 0.25) is 0 Å². The van der Waals surface area contributed by atoms with E-state index >= 15 is 0 Å². The van der Waals surface area contributed by atoms with Gasteiger partial charge in [0.15, 0.2) is 11.5 Å². The molecule has 2 fully saturated rings. The number of methoxy groups -OCH3 is 3. The summed E-state index contributed by atoms with van der Waals surface area (Å²) in [7, 11) is 6.74. The fraction of sp³-hybridized carbons (Fsp3) is 0.650. The fourth-order valence-electron chi connectivity index (χ4n) is 4.25. The second-order valence-corrected chi connectivity index (χ2v) is 7.30. The number of benzene rings is 1. The molecule has 0 aromatic heterocycles. The number of rotatable bonds is 7. The van der Waals surface area contributed by atoms with Crippen LogP contribution in [0.25, 0.3) is 0 Å². The minimum atomic E-state index is 0.199. The van der Waals surface area contributed by atoms with Gasteiger partial charge in [0.2, 0.25) is 11.7 Å². The van der Waals surface area contributed by atoms with Crippen molar-refractivity contribution in [1.29, 1.82) is 0 Å². The lowest BCUT2D eigenvalue weighted by Gasteiger charge is -2.35. The highest BCUT2D eigenvalue weighted by atomic mass is 16.5. The number of aryl methyl sites for hydroxylation is 1. The second kappa shape index (κ2) is 8.16. The van der Waals surface area contributed by atoms with E-state index in [2.05, 4.69) is 5.32 Å². The predicted octanol–water partition coefficient (Wildman–Crippen LogP) is 2.39. The number of ether oxygens (including phenoxy) is 3. The minimum absolute atomic E-state index is 0.199. The van der Waals surface area contributed by atoms with E-state index in [9.17, 15) is 4.79 Å². The maximum absolute atomic E-state index is 12.7. The van der Waals surface area contributed by atoms with Crippen LogP contribution in [0.3, 0.4) is 0 Å². The van der Waals surface area contributed by atoms with E-state index in [0.29, 0.717) is 48.2 Å². The summed E-state index contributed by atoms with van der Waals surface area (Å²) in [6.45, 7) is 0. The highest BCUT2D eigenvalue weighted by Crippen LogP contribution is 2.38. The van der Waals surface area contributed by atoms with Crippen LogP contribution >= 0.6 is 0 Å². The molecule has 1 aromatic rings. The number of hydrogen-bond acceptors (Lipinski definition) is 5. The Kier molecular flexibility index (Phi) is 5.91. The van der Waals surface area contributed by atoms with E-state index < -0.39 is 0 Å². The quantitative estimate of drug-likeness (QED) is 0.807. The average Bonchev–Trinajstić information content (AvgIpc) is 3.01. The van der Waals surface area contributed by atoms with Gasteiger partial charge in [-0.05, 0) is 49.8 Å². The Morgan fingerprint density at radius 1 is 1.08 bits per heavy atom. The van der Waals surface area contributed by atoms with Gasteiger partial charge in [-0.2, -0.15) is 0 Å². The third-order valence-electron chi connectivity index (χ3n) is 5.74. The summed E-state index contributed by atoms with van der Waals surface area (Å²) < 4.78 is 16.1. The predicted molar refractivity (Wildman–Crippen MR) is 100 cm³/mol. The summed E-state index contributed by atoms with van der Waals surface area (Å²) in [6.07, 6.45) is 5.77. The highest BCUT2D eigenvalue weighted by Gasteiger charge is 2.36. The highest BCUT2D eigenvalue weighted by molar-refractivity contribution is 5.76. The molecule has 2 atom stereocenters. The zero-order chi connectivity index (χ0) is 18.7. The van der Waals surface area contributed by atoms with Crippen LogP contribution in [-0.4, -0.2) is 57.3 Å². The van der Waals surface area contributed by atoms with Crippen LogP contribution in [0.4, 0.5) is 0 Å². The van der Waals surface area contributed by atoms with Gasteiger partial charge >= 0.3 is 0 Å². The van der Waals surface area contributed by atoms with Crippen molar-refractivity contribution in [3.05, 3.63) is 17.7 Å². The number of amides is 1. The summed E-state index contributed by atoms with van der Waals surface area (Å²) in [5.74, 6) is 2.02. The molecule has 2 bridgehead atoms. The zero-order valence-electron chi connectivity index (χ0n) is 16.2. The molecule has 1 N–H and O–H groups in total. The number of nitrogens with one attached hydrogen (secondary N) is 1. The first-order chi connectivity index (χ1) is 12.5. The standard InChI is InChI=1S/C20H30N2O4/c1-22(16-11-14-6-7-15(12-16)21-14)19(23)8-5-13-9-17(24-2)20(26-4)18(10-13)25-3/h9-10,14-16,21H,5-8,11-12H2,1-4H3. The first-order valence-corrected chi connectivity index (χ1v) is 9.36. The Balaban J connectivity index is 1.62. The number of fused-ring (bicyclic) bond motifs is 2. The van der Waals surface area contributed by atoms with Crippen molar-refractivity contribution in [3.8, 4) is 17.2 Å². The molecular formula is C20H30N2O4. The third kappa shape index (κ3) is 3.90. The van der Waals surface area contributed by atoms with Gasteiger partial charge in [-0.1, -0.05) is 0 Å². The van der Waals surface area contributed by atoms with Gasteiger partial charge in [-0.3, -0.25) is 4.79 Å². The van der Waals surface area contributed by atoms with Gasteiger partial charge in [-0.15, -0.1) is 0 Å². The van der Waals surface area contributed by atoms with E-state index in [1.807, 2.05) is 24.1 Å². The van der Waals surface area contributed by atoms with Crippen LogP contribution < -0.4 is 19.5 Å². The van der Waals surface area contributed by atoms with Crippen molar-refractivity contribution in [2.75, 3.05) is 28.4 Å². The fourth-order valence-corrected chi connectivity index (χ4v) is 4.25. The SMILES string of the molecule is COc1cc(CCC(=O)N(C)C2CC3CCC(C2)N3)cc(OC)c1OC. The van der Waals surface area contributed by atoms with Crippen molar-refractivity contribution in [2.45, 2.75) is 56.7 Å². The molecule has 144 valence electrons. The summed E-state index contributed by atoms with van der Waals surface area (Å²) in [4.78, 5) is 14.7. The molecule has 2 saturated heterocycles. The number of piperidine rings is 1. The van der Waals surface area contributed by atoms with E-state index in [1.165, 1.54) is 12.8 Å². The zero-order valence-corrected chi connectivity index (χ0v) is 16.2. The van der Waals surface area contributed by atoms with Crippen LogP contribution in [0.5, 0.6) is 17.2 Å². The number of nitrogens with zero attached hydrogens (tertiary/aromatic N) is 1. The molecule has 2 aliphatic rings. The third-order valence-corrected chi connectivity index (χ3v) is 5.74. The molecule has 0 aliphatic carbocycles. The number of hydrogen-bond donors (Lipinski definition) is 1. The maximum Gasteiger partial charge on any atom is 0.222 e. The largest absolute Gasteiger partial charge is 0.493 e. The van der Waals surface area contributed by atoms with Crippen molar-refractivity contribution >= 4 is 5.91 Å². The van der Waals surface area contributed by atoms with Crippen molar-refractivity contribution < 1.29 is 19.0 Å². The Labute approximate surface area is 155 Å². The van der Waals surface area contributed by atoms with Gasteiger partial charge in [0.05, 0.1) is 21.3 Å². The Bertz CT molecular complexity index is 612. The van der Waals surface area contributed by atoms with E-state index in [0.717, 1.165) is 18.4 Å². The molecule has 1 amide bonds. The van der Waals surface area contributed by atoms with Crippen LogP contribution in [0.15, 0.2) is 12.1 Å². The summed E-state index contributed by atoms with van der Waals surface area (Å²) in [6, 6.07) is 5.37. The van der Waals surface area contributed by atoms with Crippen LogP contribution in [0, 0.1) is 0 Å². The molecule has 1 aromatic carbocycles. The van der Waals surface area contributed by atoms with Gasteiger partial charge in [-0.25, -0.2) is 0 Å². The molecule has 2 unspecified atom stereocenters. The van der Waals surface area contributed by atoms with Gasteiger partial charge in [0, 0.05) is 31.6 Å². The molecule has 6 heteroatoms. The molecule has 26 heavy (non-hydrogen) atoms. The summed E-state index contributed by atoms with van der Waals surface area (Å²) in [5, 5.41) is 3.63. The molecule has 0 saturated carbocycles. The smallest absolute Gasteiger partial charge is 0.222 e. The van der Waals surface area contributed by atoms with Crippen molar-refractivity contribution in [2.24, 2.45) is 0 Å². The number of carbonyl (C=O) groups is 1. The van der Waals surface area contributed by atoms with E-state index in [-0.39, 0.29) is 5.91 Å². The normalized spacial score (nSPS) is 24.2. The summed E-state index contributed by atoms with van der Waals surface area (Å²) >= 11 is 0. The lowest BCUT2D eigenvalue weighted by atomic mass is 9.98. The lowest BCUT2D eigenvalue weighted by molar-refractivity contribution is -0.132. The maximum atomic E-state index is 12.7. The van der Waals surface area contributed by atoms with Crippen LogP contribution in [0.1, 0.15) is 37.7 Å². The molecule has 3 rings (SSSR count). The Morgan fingerprint density at radius 2 is 1.65 bits per heavy atom. The lowest BCUT2D eigenvalue weighted by Crippen LogP contribution is -2.48. The molecule has 0 spiro atoms.